The molecule has 0 unspecified atom stereocenters. The quantitative estimate of drug-likeness (QED) is 0.843. The summed E-state index contributed by atoms with van der Waals surface area (Å²) in [5, 5.41) is 0.805. The van der Waals surface area contributed by atoms with E-state index in [1.165, 1.54) is 15.7 Å². The maximum Gasteiger partial charge on any atom is 0.282 e. The molecule has 0 radical (unpaired) electrons. The van der Waals surface area contributed by atoms with Gasteiger partial charge in [0, 0.05) is 26.7 Å². The van der Waals surface area contributed by atoms with Crippen molar-refractivity contribution in [3.8, 4) is 0 Å². The summed E-state index contributed by atoms with van der Waals surface area (Å²) < 4.78 is 32.7. The lowest BCUT2D eigenvalue weighted by molar-refractivity contribution is 0.0705. The highest BCUT2D eigenvalue weighted by Crippen LogP contribution is 2.27. The molecule has 0 N–H and O–H groups in total. The Morgan fingerprint density at radius 2 is 1.95 bits per heavy atom. The molecule has 112 valence electrons. The summed E-state index contributed by atoms with van der Waals surface area (Å²) in [6, 6.07) is 5.18. The molecule has 2 rings (SSSR count). The van der Waals surface area contributed by atoms with Gasteiger partial charge in [0.15, 0.2) is 0 Å². The zero-order chi connectivity index (χ0) is 14.8. The fraction of sp³-hybridized carbons (Fsp3) is 0.500. The predicted molar refractivity (Wildman–Crippen MR) is 79.2 cm³/mol. The fourth-order valence-electron chi connectivity index (χ4n) is 1.97. The van der Waals surface area contributed by atoms with Gasteiger partial charge < -0.3 is 4.74 Å². The van der Waals surface area contributed by atoms with Crippen LogP contribution >= 0.6 is 23.2 Å². The number of rotatable bonds is 4. The van der Waals surface area contributed by atoms with Crippen molar-refractivity contribution < 1.29 is 13.2 Å². The number of halogens is 2. The van der Waals surface area contributed by atoms with Crippen LogP contribution in [0.3, 0.4) is 0 Å². The van der Waals surface area contributed by atoms with Crippen molar-refractivity contribution in [2.45, 2.75) is 6.54 Å². The van der Waals surface area contributed by atoms with Crippen LogP contribution in [-0.4, -0.2) is 50.4 Å². The Morgan fingerprint density at radius 3 is 2.60 bits per heavy atom. The van der Waals surface area contributed by atoms with E-state index in [1.54, 1.807) is 18.2 Å². The summed E-state index contributed by atoms with van der Waals surface area (Å²) in [5.41, 5.74) is 0.679. The molecule has 1 aliphatic heterocycles. The van der Waals surface area contributed by atoms with Crippen LogP contribution in [0.1, 0.15) is 5.56 Å². The molecule has 0 bridgehead atoms. The second kappa shape index (κ2) is 6.60. The largest absolute Gasteiger partial charge is 0.379 e. The van der Waals surface area contributed by atoms with E-state index in [4.69, 9.17) is 27.9 Å². The van der Waals surface area contributed by atoms with E-state index in [-0.39, 0.29) is 6.54 Å². The van der Waals surface area contributed by atoms with Crippen molar-refractivity contribution in [3.63, 3.8) is 0 Å². The van der Waals surface area contributed by atoms with Gasteiger partial charge in [0.1, 0.15) is 0 Å². The molecular weight excluding hydrogens is 323 g/mol. The molecule has 0 amide bonds. The van der Waals surface area contributed by atoms with Crippen molar-refractivity contribution in [1.29, 1.82) is 0 Å². The van der Waals surface area contributed by atoms with Crippen LogP contribution in [0.4, 0.5) is 0 Å². The summed E-state index contributed by atoms with van der Waals surface area (Å²) in [7, 11) is -1.98. The third-order valence-corrected chi connectivity index (χ3v) is 5.91. The third kappa shape index (κ3) is 3.44. The average molecular weight is 339 g/mol. The molecule has 0 spiro atoms. The molecule has 20 heavy (non-hydrogen) atoms. The van der Waals surface area contributed by atoms with Gasteiger partial charge >= 0.3 is 0 Å². The van der Waals surface area contributed by atoms with Crippen LogP contribution in [0, 0.1) is 0 Å². The van der Waals surface area contributed by atoms with Crippen LogP contribution in [0.2, 0.25) is 10.0 Å². The molecule has 0 aromatic heterocycles. The molecule has 0 saturated carbocycles. The van der Waals surface area contributed by atoms with Gasteiger partial charge in [-0.1, -0.05) is 35.3 Å². The van der Waals surface area contributed by atoms with Gasteiger partial charge in [-0.25, -0.2) is 0 Å². The van der Waals surface area contributed by atoms with Gasteiger partial charge in [-0.2, -0.15) is 17.0 Å². The predicted octanol–water partition coefficient (Wildman–Crippen LogP) is 2.00. The molecule has 1 aromatic rings. The van der Waals surface area contributed by atoms with E-state index in [0.717, 1.165) is 0 Å². The lowest BCUT2D eigenvalue weighted by atomic mass is 10.2. The normalized spacial score (nSPS) is 17.6. The molecule has 1 aliphatic rings. The number of hydrogen-bond acceptors (Lipinski definition) is 3. The van der Waals surface area contributed by atoms with Crippen molar-refractivity contribution in [2.24, 2.45) is 0 Å². The van der Waals surface area contributed by atoms with Gasteiger partial charge in [-0.3, -0.25) is 0 Å². The maximum absolute atomic E-state index is 12.4. The molecule has 1 aromatic carbocycles. The minimum absolute atomic E-state index is 0.180. The zero-order valence-electron chi connectivity index (χ0n) is 11.1. The van der Waals surface area contributed by atoms with Crippen molar-refractivity contribution in [3.05, 3.63) is 33.8 Å². The molecule has 0 aliphatic carbocycles. The van der Waals surface area contributed by atoms with E-state index in [9.17, 15) is 8.42 Å². The van der Waals surface area contributed by atoms with E-state index >= 15 is 0 Å². The van der Waals surface area contributed by atoms with E-state index in [1.807, 2.05) is 0 Å². The van der Waals surface area contributed by atoms with E-state index in [0.29, 0.717) is 41.9 Å². The van der Waals surface area contributed by atoms with Crippen LogP contribution in [0.15, 0.2) is 18.2 Å². The fourth-order valence-corrected chi connectivity index (χ4v) is 3.65. The van der Waals surface area contributed by atoms with Crippen LogP contribution < -0.4 is 0 Å². The number of ether oxygens (including phenoxy) is 1. The SMILES string of the molecule is CN(Cc1cccc(Cl)c1Cl)S(=O)(=O)N1CCOCC1. The summed E-state index contributed by atoms with van der Waals surface area (Å²) >= 11 is 12.0. The van der Waals surface area contributed by atoms with Gasteiger partial charge in [0.25, 0.3) is 10.2 Å². The lowest BCUT2D eigenvalue weighted by Gasteiger charge is -2.30. The maximum atomic E-state index is 12.4. The first-order valence-corrected chi connectivity index (χ1v) is 8.30. The van der Waals surface area contributed by atoms with Gasteiger partial charge in [-0.05, 0) is 11.6 Å². The van der Waals surface area contributed by atoms with Gasteiger partial charge in [0.05, 0.1) is 23.3 Å². The number of hydrogen-bond donors (Lipinski definition) is 0. The Kier molecular flexibility index (Phi) is 5.28. The highest BCUT2D eigenvalue weighted by Gasteiger charge is 2.28. The zero-order valence-corrected chi connectivity index (χ0v) is 13.4. The van der Waals surface area contributed by atoms with Crippen molar-refractivity contribution in [2.75, 3.05) is 33.4 Å². The smallest absolute Gasteiger partial charge is 0.282 e. The third-order valence-electron chi connectivity index (χ3n) is 3.11. The second-order valence-electron chi connectivity index (χ2n) is 4.49. The Labute approximate surface area is 129 Å². The Hall–Kier alpha value is -0.370. The van der Waals surface area contributed by atoms with Gasteiger partial charge in [-0.15, -0.1) is 0 Å². The highest BCUT2D eigenvalue weighted by molar-refractivity contribution is 7.86. The van der Waals surface area contributed by atoms with Crippen LogP contribution in [0.5, 0.6) is 0 Å². The Balaban J connectivity index is 2.14. The summed E-state index contributed by atoms with van der Waals surface area (Å²) in [4.78, 5) is 0. The molecule has 1 heterocycles. The average Bonchev–Trinajstić information content (AvgIpc) is 2.44. The van der Waals surface area contributed by atoms with E-state index in [2.05, 4.69) is 0 Å². The summed E-state index contributed by atoms with van der Waals surface area (Å²) in [6.45, 7) is 1.76. The summed E-state index contributed by atoms with van der Waals surface area (Å²) in [5.74, 6) is 0. The molecular formula is C12H16Cl2N2O3S. The first-order chi connectivity index (χ1) is 9.43. The Morgan fingerprint density at radius 1 is 1.30 bits per heavy atom. The monoisotopic (exact) mass is 338 g/mol. The Bertz CT molecular complexity index is 574. The number of benzene rings is 1. The van der Waals surface area contributed by atoms with Gasteiger partial charge in [0.2, 0.25) is 0 Å². The van der Waals surface area contributed by atoms with E-state index < -0.39 is 10.2 Å². The highest BCUT2D eigenvalue weighted by atomic mass is 35.5. The molecule has 8 heteroatoms. The molecule has 0 atom stereocenters. The second-order valence-corrected chi connectivity index (χ2v) is 7.31. The topological polar surface area (TPSA) is 49.9 Å². The minimum atomic E-state index is -3.50. The molecule has 1 fully saturated rings. The molecule has 1 saturated heterocycles. The number of nitrogens with zero attached hydrogens (tertiary/aromatic N) is 2. The summed E-state index contributed by atoms with van der Waals surface area (Å²) in [6.07, 6.45) is 0. The first-order valence-electron chi connectivity index (χ1n) is 6.15. The van der Waals surface area contributed by atoms with Crippen LogP contribution in [0.25, 0.3) is 0 Å². The molecule has 5 nitrogen and oxygen atoms in total. The van der Waals surface area contributed by atoms with Crippen molar-refractivity contribution >= 4 is 33.4 Å². The standard InChI is InChI=1S/C12H16Cl2N2O3S/c1-15(9-10-3-2-4-11(13)12(10)14)20(17,18)16-5-7-19-8-6-16/h2-4H,5-9H2,1H3. The number of morpholine rings is 1. The van der Waals surface area contributed by atoms with Crippen LogP contribution in [-0.2, 0) is 21.5 Å². The minimum Gasteiger partial charge on any atom is -0.379 e. The lowest BCUT2D eigenvalue weighted by Crippen LogP contribution is -2.47. The van der Waals surface area contributed by atoms with Crippen molar-refractivity contribution in [1.82, 2.24) is 8.61 Å². The first kappa shape index (κ1) is 16.0.